The van der Waals surface area contributed by atoms with Crippen LogP contribution in [-0.4, -0.2) is 54.1 Å². The van der Waals surface area contributed by atoms with Gasteiger partial charge in [-0.2, -0.15) is 0 Å². The summed E-state index contributed by atoms with van der Waals surface area (Å²) in [5.74, 6) is 8.61. The summed E-state index contributed by atoms with van der Waals surface area (Å²) in [7, 11) is 0. The van der Waals surface area contributed by atoms with Gasteiger partial charge in [-0.25, -0.2) is 0 Å². The van der Waals surface area contributed by atoms with Gasteiger partial charge in [-0.05, 0) is 30.1 Å². The Labute approximate surface area is 134 Å². The van der Waals surface area contributed by atoms with Crippen LogP contribution in [0.4, 0.5) is 0 Å². The first kappa shape index (κ1) is 25.4. The van der Waals surface area contributed by atoms with Crippen molar-refractivity contribution in [2.24, 2.45) is 0 Å². The summed E-state index contributed by atoms with van der Waals surface area (Å²) >= 11 is 0. The van der Waals surface area contributed by atoms with Crippen LogP contribution in [0.3, 0.4) is 0 Å². The highest BCUT2D eigenvalue weighted by Crippen LogP contribution is 1.91. The number of aliphatic hydroxyl groups is 3. The third-order valence-electron chi connectivity index (χ3n) is 1.68. The molecule has 0 bridgehead atoms. The van der Waals surface area contributed by atoms with Crippen molar-refractivity contribution < 1.29 is 24.8 Å². The van der Waals surface area contributed by atoms with Crippen LogP contribution in [0, 0.1) is 36.5 Å². The monoisotopic (exact) mass is 312 g/mol. The minimum Gasteiger partial charge on any atom is -0.394 e. The van der Waals surface area contributed by atoms with Gasteiger partial charge in [-0.15, -0.1) is 12.8 Å². The molecule has 0 saturated heterocycles. The highest BCUT2D eigenvalue weighted by molar-refractivity contribution is 5.31. The molecular formula is C17H28O5. The Morgan fingerprint density at radius 1 is 0.909 bits per heavy atom. The second-order valence-corrected chi connectivity index (χ2v) is 4.00. The average molecular weight is 312 g/mol. The van der Waals surface area contributed by atoms with E-state index in [2.05, 4.69) is 37.5 Å². The van der Waals surface area contributed by atoms with Crippen LogP contribution < -0.4 is 0 Å². The lowest BCUT2D eigenvalue weighted by Crippen LogP contribution is -2.21. The van der Waals surface area contributed by atoms with Crippen LogP contribution >= 0.6 is 0 Å². The van der Waals surface area contributed by atoms with E-state index in [-0.39, 0.29) is 26.6 Å². The molecule has 2 atom stereocenters. The van der Waals surface area contributed by atoms with E-state index in [9.17, 15) is 0 Å². The third kappa shape index (κ3) is 31.1. The molecule has 0 aliphatic rings. The molecule has 22 heavy (non-hydrogen) atoms. The molecule has 5 heteroatoms. The molecule has 0 rings (SSSR count). The number of hydrogen-bond donors (Lipinski definition) is 3. The second kappa shape index (κ2) is 24.5. The van der Waals surface area contributed by atoms with Gasteiger partial charge in [0.15, 0.2) is 0 Å². The fourth-order valence-electron chi connectivity index (χ4n) is 0.670. The quantitative estimate of drug-likeness (QED) is 0.350. The van der Waals surface area contributed by atoms with Crippen LogP contribution in [0.5, 0.6) is 0 Å². The molecule has 0 saturated carbocycles. The van der Waals surface area contributed by atoms with Gasteiger partial charge in [0.1, 0.15) is 12.9 Å². The topological polar surface area (TPSA) is 79.2 Å². The SMILES string of the molecule is C#CC#CC#C.CCC.CCC(O)COCOCC(O)CO. The minimum absolute atomic E-state index is 0.0219. The lowest BCUT2D eigenvalue weighted by molar-refractivity contribution is -0.102. The molecule has 0 heterocycles. The number of aliphatic hydroxyl groups excluding tert-OH is 3. The maximum absolute atomic E-state index is 9.04. The summed E-state index contributed by atoms with van der Waals surface area (Å²) in [6.45, 7) is 6.07. The van der Waals surface area contributed by atoms with E-state index in [1.165, 1.54) is 6.42 Å². The molecule has 0 radical (unpaired) electrons. The average Bonchev–Trinajstić information content (AvgIpc) is 2.53. The molecule has 0 fully saturated rings. The molecular weight excluding hydrogens is 284 g/mol. The Hall–Kier alpha value is -1.52. The summed E-state index contributed by atoms with van der Waals surface area (Å²) in [6, 6.07) is 0. The highest BCUT2D eigenvalue weighted by atomic mass is 16.7. The van der Waals surface area contributed by atoms with Crippen LogP contribution in [-0.2, 0) is 9.47 Å². The van der Waals surface area contributed by atoms with E-state index in [0.717, 1.165) is 0 Å². The van der Waals surface area contributed by atoms with E-state index in [4.69, 9.17) is 37.6 Å². The minimum atomic E-state index is -0.861. The van der Waals surface area contributed by atoms with Crippen LogP contribution in [0.15, 0.2) is 0 Å². The van der Waals surface area contributed by atoms with Crippen LogP contribution in [0.25, 0.3) is 0 Å². The predicted molar refractivity (Wildman–Crippen MR) is 87.6 cm³/mol. The zero-order valence-corrected chi connectivity index (χ0v) is 13.7. The Balaban J connectivity index is -0.000000333. The lowest BCUT2D eigenvalue weighted by Gasteiger charge is -2.10. The Morgan fingerprint density at radius 3 is 1.64 bits per heavy atom. The standard InChI is InChI=1S/C8H18O5.C6H2.C3H8/c1-2-7(10)4-12-6-13-5-8(11)3-9;1-3-5-6-4-2;1-3-2/h7-11H,2-6H2,1H3;1-2H;3H2,1-2H3. The van der Waals surface area contributed by atoms with Crippen molar-refractivity contribution in [1.29, 1.82) is 0 Å². The summed E-state index contributed by atoms with van der Waals surface area (Å²) in [4.78, 5) is 0. The maximum Gasteiger partial charge on any atom is 0.146 e. The molecule has 0 aliphatic heterocycles. The van der Waals surface area contributed by atoms with Gasteiger partial charge < -0.3 is 24.8 Å². The third-order valence-corrected chi connectivity index (χ3v) is 1.68. The van der Waals surface area contributed by atoms with E-state index in [1.807, 2.05) is 6.92 Å². The predicted octanol–water partition coefficient (Wildman–Crippen LogP) is 0.774. The van der Waals surface area contributed by atoms with E-state index < -0.39 is 12.2 Å². The molecule has 0 aromatic heterocycles. The van der Waals surface area contributed by atoms with Crippen molar-refractivity contribution in [3.05, 3.63) is 0 Å². The Bertz CT molecular complexity index is 313. The first-order valence-electron chi connectivity index (χ1n) is 7.07. The fourth-order valence-corrected chi connectivity index (χ4v) is 0.670. The van der Waals surface area contributed by atoms with Gasteiger partial charge in [0, 0.05) is 0 Å². The summed E-state index contributed by atoms with van der Waals surface area (Å²) in [5.41, 5.74) is 0. The highest BCUT2D eigenvalue weighted by Gasteiger charge is 2.02. The zero-order valence-electron chi connectivity index (χ0n) is 13.7. The smallest absolute Gasteiger partial charge is 0.146 e. The second-order valence-electron chi connectivity index (χ2n) is 4.00. The molecule has 126 valence electrons. The summed E-state index contributed by atoms with van der Waals surface area (Å²) in [5, 5.41) is 26.3. The number of hydrogen-bond acceptors (Lipinski definition) is 5. The maximum atomic E-state index is 9.04. The van der Waals surface area contributed by atoms with Gasteiger partial charge in [0.05, 0.1) is 25.9 Å². The molecule has 0 aliphatic carbocycles. The molecule has 0 aromatic carbocycles. The van der Waals surface area contributed by atoms with Crippen LogP contribution in [0.1, 0.15) is 33.6 Å². The number of terminal acetylenes is 2. The summed E-state index contributed by atoms with van der Waals surface area (Å²) < 4.78 is 9.75. The molecule has 0 aromatic rings. The largest absolute Gasteiger partial charge is 0.394 e. The first-order valence-corrected chi connectivity index (χ1v) is 7.07. The Kier molecular flexibility index (Phi) is 28.3. The van der Waals surface area contributed by atoms with Crippen LogP contribution in [0.2, 0.25) is 0 Å². The normalized spacial score (nSPS) is 10.9. The fraction of sp³-hybridized carbons (Fsp3) is 0.647. The van der Waals surface area contributed by atoms with Gasteiger partial charge in [0.2, 0.25) is 0 Å². The molecule has 0 amide bonds. The number of ether oxygens (including phenoxy) is 2. The van der Waals surface area contributed by atoms with Gasteiger partial charge in [0.25, 0.3) is 0 Å². The van der Waals surface area contributed by atoms with Crippen molar-refractivity contribution in [1.82, 2.24) is 0 Å². The molecule has 2 unspecified atom stereocenters. The van der Waals surface area contributed by atoms with E-state index in [0.29, 0.717) is 6.42 Å². The van der Waals surface area contributed by atoms with E-state index in [1.54, 1.807) is 0 Å². The van der Waals surface area contributed by atoms with Crippen molar-refractivity contribution in [2.45, 2.75) is 45.8 Å². The molecule has 3 N–H and O–H groups in total. The molecule has 0 spiro atoms. The zero-order chi connectivity index (χ0) is 17.6. The van der Waals surface area contributed by atoms with Gasteiger partial charge in [-0.3, -0.25) is 0 Å². The van der Waals surface area contributed by atoms with Gasteiger partial charge >= 0.3 is 0 Å². The Morgan fingerprint density at radius 2 is 1.32 bits per heavy atom. The van der Waals surface area contributed by atoms with Crippen molar-refractivity contribution in [2.75, 3.05) is 26.6 Å². The van der Waals surface area contributed by atoms with Crippen molar-refractivity contribution in [3.63, 3.8) is 0 Å². The first-order chi connectivity index (χ1) is 10.5. The van der Waals surface area contributed by atoms with Crippen molar-refractivity contribution in [3.8, 4) is 36.5 Å². The molecule has 5 nitrogen and oxygen atoms in total. The van der Waals surface area contributed by atoms with Gasteiger partial charge in [-0.1, -0.05) is 27.2 Å². The lowest BCUT2D eigenvalue weighted by atomic mass is 10.3. The number of rotatable bonds is 8. The summed E-state index contributed by atoms with van der Waals surface area (Å²) in [6.07, 6.45) is 9.95. The van der Waals surface area contributed by atoms with E-state index >= 15 is 0 Å². The van der Waals surface area contributed by atoms with Crippen molar-refractivity contribution >= 4 is 0 Å².